The average Bonchev–Trinajstić information content (AvgIpc) is 2.93. The van der Waals surface area contributed by atoms with E-state index in [1.165, 1.54) is 0 Å². The number of carboxylic acid groups (broad SMARTS) is 1. The largest absolute Gasteiger partial charge is 0.478 e. The number of carbonyl (C=O) groups is 2. The maximum atomic E-state index is 12.2. The number of amides is 1. The van der Waals surface area contributed by atoms with E-state index in [9.17, 15) is 14.7 Å². The topological polar surface area (TPSA) is 87.9 Å². The first-order valence-electron chi connectivity index (χ1n) is 8.58. The van der Waals surface area contributed by atoms with Crippen LogP contribution < -0.4 is 4.90 Å². The number of aromatic nitrogens is 2. The maximum absolute atomic E-state index is 12.2. The van der Waals surface area contributed by atoms with Crippen LogP contribution in [-0.4, -0.2) is 63.6 Å². The summed E-state index contributed by atoms with van der Waals surface area (Å²) in [6, 6.07) is 3.41. The van der Waals surface area contributed by atoms with Crippen molar-refractivity contribution in [1.82, 2.24) is 14.7 Å². The molecule has 3 rings (SSSR count). The van der Waals surface area contributed by atoms with E-state index in [1.54, 1.807) is 22.7 Å². The molecule has 0 aliphatic carbocycles. The zero-order valence-corrected chi connectivity index (χ0v) is 15.5. The lowest BCUT2D eigenvalue weighted by Gasteiger charge is -2.37. The van der Waals surface area contributed by atoms with Crippen molar-refractivity contribution in [2.75, 3.05) is 31.1 Å². The lowest BCUT2D eigenvalue weighted by Crippen LogP contribution is -2.50. The molecule has 140 valence electrons. The van der Waals surface area contributed by atoms with Crippen molar-refractivity contribution in [3.63, 3.8) is 0 Å². The fourth-order valence-corrected chi connectivity index (χ4v) is 3.11. The molecule has 26 heavy (non-hydrogen) atoms. The Kier molecular flexibility index (Phi) is 4.52. The van der Waals surface area contributed by atoms with Crippen molar-refractivity contribution in [3.8, 4) is 0 Å². The predicted molar refractivity (Wildman–Crippen MR) is 97.7 cm³/mol. The van der Waals surface area contributed by atoms with Gasteiger partial charge >= 0.3 is 12.1 Å². The number of benzene rings is 1. The molecule has 1 saturated heterocycles. The Morgan fingerprint density at radius 2 is 1.81 bits per heavy atom. The van der Waals surface area contributed by atoms with Gasteiger partial charge in [0.25, 0.3) is 0 Å². The number of hydrogen-bond donors (Lipinski definition) is 1. The molecule has 1 aromatic carbocycles. The molecule has 8 heteroatoms. The summed E-state index contributed by atoms with van der Waals surface area (Å²) in [6.07, 6.45) is 1.53. The first-order chi connectivity index (χ1) is 12.2. The van der Waals surface area contributed by atoms with Gasteiger partial charge in [0.1, 0.15) is 11.1 Å². The van der Waals surface area contributed by atoms with Gasteiger partial charge in [-0.05, 0) is 32.9 Å². The third kappa shape index (κ3) is 3.58. The van der Waals surface area contributed by atoms with Crippen LogP contribution in [0, 0.1) is 0 Å². The SMILES string of the molecule is Cn1cc2c(N3CCN(C(=O)OC(C)(C)C)CC3)ccc(C(=O)O)c2n1. The Labute approximate surface area is 151 Å². The molecule has 0 saturated carbocycles. The summed E-state index contributed by atoms with van der Waals surface area (Å²) in [5.74, 6) is -0.991. The van der Waals surface area contributed by atoms with Crippen LogP contribution in [0.3, 0.4) is 0 Å². The number of piperazine rings is 1. The normalized spacial score (nSPS) is 15.4. The number of fused-ring (bicyclic) bond motifs is 1. The van der Waals surface area contributed by atoms with E-state index in [1.807, 2.05) is 33.0 Å². The van der Waals surface area contributed by atoms with Gasteiger partial charge in [0, 0.05) is 50.5 Å². The molecule has 1 aliphatic heterocycles. The molecule has 8 nitrogen and oxygen atoms in total. The minimum Gasteiger partial charge on any atom is -0.478 e. The van der Waals surface area contributed by atoms with E-state index in [0.29, 0.717) is 31.7 Å². The van der Waals surface area contributed by atoms with Crippen LogP contribution in [0.2, 0.25) is 0 Å². The van der Waals surface area contributed by atoms with Crippen molar-refractivity contribution >= 4 is 28.7 Å². The van der Waals surface area contributed by atoms with Gasteiger partial charge in [-0.3, -0.25) is 4.68 Å². The molecule has 1 aliphatic rings. The fourth-order valence-electron chi connectivity index (χ4n) is 3.11. The van der Waals surface area contributed by atoms with Gasteiger partial charge in [-0.25, -0.2) is 9.59 Å². The van der Waals surface area contributed by atoms with Gasteiger partial charge < -0.3 is 19.6 Å². The molecule has 1 N–H and O–H groups in total. The molecule has 1 fully saturated rings. The molecule has 0 radical (unpaired) electrons. The lowest BCUT2D eigenvalue weighted by atomic mass is 10.1. The van der Waals surface area contributed by atoms with Gasteiger partial charge in [-0.2, -0.15) is 5.10 Å². The molecule has 2 heterocycles. The summed E-state index contributed by atoms with van der Waals surface area (Å²) < 4.78 is 7.05. The number of nitrogens with zero attached hydrogens (tertiary/aromatic N) is 4. The molecular weight excluding hydrogens is 336 g/mol. The van der Waals surface area contributed by atoms with Crippen LogP contribution in [0.25, 0.3) is 10.9 Å². The second-order valence-electron chi connectivity index (χ2n) is 7.46. The number of aromatic carboxylic acids is 1. The Bertz CT molecular complexity index is 845. The second-order valence-corrected chi connectivity index (χ2v) is 7.46. The molecule has 0 bridgehead atoms. The number of carbonyl (C=O) groups excluding carboxylic acids is 1. The van der Waals surface area contributed by atoms with Crippen LogP contribution >= 0.6 is 0 Å². The number of aryl methyl sites for hydroxylation is 1. The van der Waals surface area contributed by atoms with Crippen molar-refractivity contribution in [3.05, 3.63) is 23.9 Å². The lowest BCUT2D eigenvalue weighted by molar-refractivity contribution is 0.0240. The van der Waals surface area contributed by atoms with Crippen molar-refractivity contribution in [2.45, 2.75) is 26.4 Å². The number of ether oxygens (including phenoxy) is 1. The predicted octanol–water partition coefficient (Wildman–Crippen LogP) is 2.33. The first-order valence-corrected chi connectivity index (χ1v) is 8.58. The van der Waals surface area contributed by atoms with Gasteiger partial charge in [-0.1, -0.05) is 0 Å². The molecule has 0 atom stereocenters. The molecule has 2 aromatic rings. The minimum absolute atomic E-state index is 0.191. The van der Waals surface area contributed by atoms with Crippen molar-refractivity contribution in [1.29, 1.82) is 0 Å². The number of hydrogen-bond acceptors (Lipinski definition) is 5. The maximum Gasteiger partial charge on any atom is 0.410 e. The zero-order chi connectivity index (χ0) is 19.1. The summed E-state index contributed by atoms with van der Waals surface area (Å²) in [5, 5.41) is 14.5. The molecule has 1 amide bonds. The van der Waals surface area contributed by atoms with Crippen molar-refractivity contribution in [2.24, 2.45) is 7.05 Å². The quantitative estimate of drug-likeness (QED) is 0.884. The van der Waals surface area contributed by atoms with Crippen molar-refractivity contribution < 1.29 is 19.4 Å². The Balaban J connectivity index is 1.79. The highest BCUT2D eigenvalue weighted by molar-refractivity contribution is 6.06. The van der Waals surface area contributed by atoms with E-state index >= 15 is 0 Å². The summed E-state index contributed by atoms with van der Waals surface area (Å²) in [5.41, 5.74) is 1.09. The van der Waals surface area contributed by atoms with Crippen LogP contribution in [-0.2, 0) is 11.8 Å². The molecule has 1 aromatic heterocycles. The number of anilines is 1. The monoisotopic (exact) mass is 360 g/mol. The molecule has 0 unspecified atom stereocenters. The van der Waals surface area contributed by atoms with E-state index in [0.717, 1.165) is 11.1 Å². The van der Waals surface area contributed by atoms with Gasteiger partial charge in [0.2, 0.25) is 0 Å². The Morgan fingerprint density at radius 1 is 1.15 bits per heavy atom. The third-order valence-electron chi connectivity index (χ3n) is 4.27. The average molecular weight is 360 g/mol. The highest BCUT2D eigenvalue weighted by Gasteiger charge is 2.27. The smallest absolute Gasteiger partial charge is 0.410 e. The third-order valence-corrected chi connectivity index (χ3v) is 4.27. The standard InChI is InChI=1S/C18H24N4O4/c1-18(2,3)26-17(25)22-9-7-21(8-10-22)14-6-5-12(16(23)24)15-13(14)11-20(4)19-15/h5-6,11H,7-10H2,1-4H3,(H,23,24). The molecule has 0 spiro atoms. The van der Waals surface area contributed by atoms with Crippen LogP contribution in [0.4, 0.5) is 10.5 Å². The van der Waals surface area contributed by atoms with E-state index in [4.69, 9.17) is 4.74 Å². The van der Waals surface area contributed by atoms with Gasteiger partial charge in [0.05, 0.1) is 5.56 Å². The Hall–Kier alpha value is -2.77. The van der Waals surface area contributed by atoms with Crippen LogP contribution in [0.5, 0.6) is 0 Å². The zero-order valence-electron chi connectivity index (χ0n) is 15.5. The van der Waals surface area contributed by atoms with Gasteiger partial charge in [-0.15, -0.1) is 0 Å². The summed E-state index contributed by atoms with van der Waals surface area (Å²) in [6.45, 7) is 7.96. The highest BCUT2D eigenvalue weighted by Crippen LogP contribution is 2.29. The van der Waals surface area contributed by atoms with E-state index in [-0.39, 0.29) is 11.7 Å². The summed E-state index contributed by atoms with van der Waals surface area (Å²) in [7, 11) is 1.77. The summed E-state index contributed by atoms with van der Waals surface area (Å²) >= 11 is 0. The molecular formula is C18H24N4O4. The van der Waals surface area contributed by atoms with Gasteiger partial charge in [0.15, 0.2) is 0 Å². The second kappa shape index (κ2) is 6.51. The first kappa shape index (κ1) is 18.0. The number of carboxylic acids is 1. The van der Waals surface area contributed by atoms with E-state index < -0.39 is 11.6 Å². The highest BCUT2D eigenvalue weighted by atomic mass is 16.6. The Morgan fingerprint density at radius 3 is 2.38 bits per heavy atom. The number of rotatable bonds is 2. The summed E-state index contributed by atoms with van der Waals surface area (Å²) in [4.78, 5) is 27.5. The van der Waals surface area contributed by atoms with Crippen LogP contribution in [0.1, 0.15) is 31.1 Å². The minimum atomic E-state index is -0.991. The van der Waals surface area contributed by atoms with E-state index in [2.05, 4.69) is 10.00 Å². The van der Waals surface area contributed by atoms with Crippen LogP contribution in [0.15, 0.2) is 18.3 Å². The fraction of sp³-hybridized carbons (Fsp3) is 0.500.